The fourth-order valence-electron chi connectivity index (χ4n) is 3.89. The minimum atomic E-state index is -0.195. The first-order chi connectivity index (χ1) is 9.13. The highest BCUT2D eigenvalue weighted by molar-refractivity contribution is 7.71. The van der Waals surface area contributed by atoms with Crippen LogP contribution in [0.25, 0.3) is 0 Å². The normalized spacial score (nSPS) is 25.8. The van der Waals surface area contributed by atoms with Crippen LogP contribution in [0.4, 0.5) is 0 Å². The molecule has 1 heterocycles. The number of imidazole rings is 1. The third-order valence-electron chi connectivity index (χ3n) is 5.37. The van der Waals surface area contributed by atoms with Crippen molar-refractivity contribution in [1.82, 2.24) is 9.55 Å². The summed E-state index contributed by atoms with van der Waals surface area (Å²) in [6.07, 6.45) is 3.26. The second kappa shape index (κ2) is 5.05. The second-order valence-corrected chi connectivity index (χ2v) is 7.78. The van der Waals surface area contributed by atoms with Gasteiger partial charge in [0.15, 0.2) is 4.77 Å². The zero-order valence-electron chi connectivity index (χ0n) is 13.7. The molecule has 0 spiro atoms. The molecule has 0 amide bonds. The van der Waals surface area contributed by atoms with E-state index in [2.05, 4.69) is 51.1 Å². The molecule has 0 saturated carbocycles. The van der Waals surface area contributed by atoms with Gasteiger partial charge in [-0.05, 0) is 44.8 Å². The van der Waals surface area contributed by atoms with Gasteiger partial charge in [0, 0.05) is 22.8 Å². The number of hydrogen-bond donors (Lipinski definition) is 1. The molecule has 1 aromatic heterocycles. The lowest BCUT2D eigenvalue weighted by Crippen LogP contribution is -2.39. The number of aromatic amines is 1. The van der Waals surface area contributed by atoms with Gasteiger partial charge in [0.05, 0.1) is 7.85 Å². The molecule has 2 nitrogen and oxygen atoms in total. The quantitative estimate of drug-likeness (QED) is 0.474. The smallest absolute Gasteiger partial charge is 0.177 e. The predicted octanol–water partition coefficient (Wildman–Crippen LogP) is 4.72. The Balaban J connectivity index is 2.68. The number of rotatable bonds is 2. The molecule has 4 heteroatoms. The Hall–Kier alpha value is -0.505. The van der Waals surface area contributed by atoms with Crippen molar-refractivity contribution in [2.45, 2.75) is 77.6 Å². The fraction of sp³-hybridized carbons (Fsp3) is 0.812. The maximum atomic E-state index is 6.87. The monoisotopic (exact) mass is 290 g/mol. The Morgan fingerprint density at radius 3 is 2.35 bits per heavy atom. The van der Waals surface area contributed by atoms with E-state index in [1.165, 1.54) is 11.4 Å². The molecular weight excluding hydrogens is 263 g/mol. The summed E-state index contributed by atoms with van der Waals surface area (Å²) < 4.78 is 3.12. The van der Waals surface area contributed by atoms with Gasteiger partial charge in [-0.3, -0.25) is 0 Å². The zero-order chi connectivity index (χ0) is 15.3. The first-order valence-corrected chi connectivity index (χ1v) is 8.16. The van der Waals surface area contributed by atoms with E-state index in [1.54, 1.807) is 0 Å². The summed E-state index contributed by atoms with van der Waals surface area (Å²) >= 11 is 5.55. The van der Waals surface area contributed by atoms with E-state index in [1.807, 2.05) is 0 Å². The van der Waals surface area contributed by atoms with Gasteiger partial charge in [0.2, 0.25) is 0 Å². The largest absolute Gasteiger partial charge is 0.334 e. The number of fused-ring (bicyclic) bond motifs is 1. The highest BCUT2D eigenvalue weighted by Crippen LogP contribution is 2.56. The van der Waals surface area contributed by atoms with Crippen LogP contribution in [0.15, 0.2) is 0 Å². The summed E-state index contributed by atoms with van der Waals surface area (Å²) in [7, 11) is 6.87. The Morgan fingerprint density at radius 2 is 1.85 bits per heavy atom. The topological polar surface area (TPSA) is 20.7 Å². The van der Waals surface area contributed by atoms with E-state index in [0.717, 1.165) is 24.0 Å². The van der Waals surface area contributed by atoms with E-state index in [0.29, 0.717) is 12.0 Å². The number of hydrogen-bond acceptors (Lipinski definition) is 1. The van der Waals surface area contributed by atoms with Crippen LogP contribution >= 0.6 is 12.2 Å². The summed E-state index contributed by atoms with van der Waals surface area (Å²) in [5.74, 6) is 0.438. The van der Waals surface area contributed by atoms with Crippen molar-refractivity contribution in [2.24, 2.45) is 5.92 Å². The average Bonchev–Trinajstić information content (AvgIpc) is 2.61. The number of aromatic nitrogens is 2. The number of nitrogens with one attached hydrogen (secondary N) is 1. The molecule has 1 atom stereocenters. The van der Waals surface area contributed by atoms with Gasteiger partial charge in [-0.15, -0.1) is 0 Å². The van der Waals surface area contributed by atoms with E-state index in [4.69, 9.17) is 20.1 Å². The lowest BCUT2D eigenvalue weighted by atomic mass is 9.46. The first kappa shape index (κ1) is 15.9. The second-order valence-electron chi connectivity index (χ2n) is 7.39. The molecule has 1 aliphatic rings. The molecule has 110 valence electrons. The number of nitrogens with zero attached hydrogens (tertiary/aromatic N) is 1. The Morgan fingerprint density at radius 1 is 1.25 bits per heavy atom. The minimum absolute atomic E-state index is 0.0965. The van der Waals surface area contributed by atoms with Crippen LogP contribution in [0, 0.1) is 10.7 Å². The minimum Gasteiger partial charge on any atom is -0.334 e. The van der Waals surface area contributed by atoms with Gasteiger partial charge >= 0.3 is 0 Å². The van der Waals surface area contributed by atoms with Crippen molar-refractivity contribution in [1.29, 1.82) is 0 Å². The number of H-pyrrole nitrogens is 1. The standard InChI is InChI=1S/C16H27BN2S/c1-10(2)16(17)9-7-8-12-13(15(16,5)6)18-14(20)19(12)11(3)4/h10-11H,7-9H2,1-6H3,(H,18,20). The summed E-state index contributed by atoms with van der Waals surface area (Å²) in [5.41, 5.74) is 2.52. The van der Waals surface area contributed by atoms with Crippen molar-refractivity contribution in [3.05, 3.63) is 16.2 Å². The van der Waals surface area contributed by atoms with Gasteiger partial charge in [0.25, 0.3) is 0 Å². The summed E-state index contributed by atoms with van der Waals surface area (Å²) in [6.45, 7) is 13.4. The zero-order valence-corrected chi connectivity index (χ0v) is 14.5. The van der Waals surface area contributed by atoms with E-state index < -0.39 is 0 Å². The van der Waals surface area contributed by atoms with Gasteiger partial charge in [0.1, 0.15) is 0 Å². The SMILES string of the molecule is [B]C1(C(C)C)CCCc2c([nH]c(=S)n2C(C)C)C1(C)C. The molecule has 1 unspecified atom stereocenters. The van der Waals surface area contributed by atoms with Crippen LogP contribution in [0.2, 0.25) is 5.31 Å². The highest BCUT2D eigenvalue weighted by Gasteiger charge is 2.47. The molecule has 1 aromatic rings. The van der Waals surface area contributed by atoms with Crippen molar-refractivity contribution >= 4 is 20.1 Å². The van der Waals surface area contributed by atoms with Crippen molar-refractivity contribution in [3.8, 4) is 0 Å². The van der Waals surface area contributed by atoms with E-state index in [9.17, 15) is 0 Å². The lowest BCUT2D eigenvalue weighted by molar-refractivity contribution is 0.245. The molecule has 0 fully saturated rings. The van der Waals surface area contributed by atoms with Crippen LogP contribution < -0.4 is 0 Å². The fourth-order valence-corrected chi connectivity index (χ4v) is 4.32. The Kier molecular flexibility index (Phi) is 4.01. The maximum absolute atomic E-state index is 6.87. The molecular formula is C16H27BN2S. The molecule has 0 aromatic carbocycles. The van der Waals surface area contributed by atoms with Gasteiger partial charge in [-0.25, -0.2) is 0 Å². The van der Waals surface area contributed by atoms with Gasteiger partial charge in [-0.2, -0.15) is 0 Å². The molecule has 20 heavy (non-hydrogen) atoms. The van der Waals surface area contributed by atoms with Crippen molar-refractivity contribution in [2.75, 3.05) is 0 Å². The maximum Gasteiger partial charge on any atom is 0.177 e. The summed E-state index contributed by atoms with van der Waals surface area (Å²) in [6, 6.07) is 0.391. The Labute approximate surface area is 129 Å². The van der Waals surface area contributed by atoms with E-state index >= 15 is 0 Å². The molecule has 0 bridgehead atoms. The van der Waals surface area contributed by atoms with Crippen molar-refractivity contribution in [3.63, 3.8) is 0 Å². The van der Waals surface area contributed by atoms with Crippen LogP contribution in [-0.4, -0.2) is 17.4 Å². The highest BCUT2D eigenvalue weighted by atomic mass is 32.1. The van der Waals surface area contributed by atoms with Gasteiger partial charge < -0.3 is 9.55 Å². The van der Waals surface area contributed by atoms with Gasteiger partial charge in [-0.1, -0.05) is 39.4 Å². The third-order valence-corrected chi connectivity index (χ3v) is 5.67. The predicted molar refractivity (Wildman–Crippen MR) is 89.3 cm³/mol. The lowest BCUT2D eigenvalue weighted by Gasteiger charge is -2.47. The average molecular weight is 290 g/mol. The first-order valence-electron chi connectivity index (χ1n) is 7.75. The molecule has 2 radical (unpaired) electrons. The summed E-state index contributed by atoms with van der Waals surface area (Å²) in [5, 5.41) is -0.195. The molecule has 1 N–H and O–H groups in total. The van der Waals surface area contributed by atoms with E-state index in [-0.39, 0.29) is 10.7 Å². The molecule has 0 saturated heterocycles. The van der Waals surface area contributed by atoms with Crippen molar-refractivity contribution < 1.29 is 0 Å². The van der Waals surface area contributed by atoms with Crippen LogP contribution in [0.3, 0.4) is 0 Å². The van der Waals surface area contributed by atoms with Crippen LogP contribution in [0.5, 0.6) is 0 Å². The summed E-state index contributed by atoms with van der Waals surface area (Å²) in [4.78, 5) is 3.48. The third kappa shape index (κ3) is 2.11. The van der Waals surface area contributed by atoms with Crippen LogP contribution in [0.1, 0.15) is 71.8 Å². The molecule has 0 aliphatic heterocycles. The molecule has 2 rings (SSSR count). The molecule has 1 aliphatic carbocycles. The van der Waals surface area contributed by atoms with Crippen LogP contribution in [-0.2, 0) is 11.8 Å². The Bertz CT molecular complexity index is 553.